The van der Waals surface area contributed by atoms with Crippen LogP contribution in [0.1, 0.15) is 60.3 Å². The van der Waals surface area contributed by atoms with Gasteiger partial charge in [-0.25, -0.2) is 0 Å². The van der Waals surface area contributed by atoms with Crippen LogP contribution in [0.15, 0.2) is 60.7 Å². The summed E-state index contributed by atoms with van der Waals surface area (Å²) < 4.78 is 11.3. The van der Waals surface area contributed by atoms with Crippen LogP contribution in [0.25, 0.3) is 11.1 Å². The van der Waals surface area contributed by atoms with Crippen molar-refractivity contribution in [2.75, 3.05) is 13.2 Å². The molecule has 1 aliphatic carbocycles. The molecule has 0 bridgehead atoms. The van der Waals surface area contributed by atoms with E-state index in [0.29, 0.717) is 23.3 Å². The summed E-state index contributed by atoms with van der Waals surface area (Å²) in [7, 11) is 0. The number of nitrogens with zero attached hydrogens (tertiary/aromatic N) is 1. The molecule has 1 unspecified atom stereocenters. The van der Waals surface area contributed by atoms with Crippen molar-refractivity contribution in [2.45, 2.75) is 44.9 Å². The minimum atomic E-state index is -0.927. The molecule has 8 heteroatoms. The Balaban J connectivity index is 1.43. The lowest BCUT2D eigenvalue weighted by Crippen LogP contribution is -2.15. The third-order valence-corrected chi connectivity index (χ3v) is 6.69. The summed E-state index contributed by atoms with van der Waals surface area (Å²) in [5.41, 5.74) is 5.49. The van der Waals surface area contributed by atoms with Gasteiger partial charge in [0, 0.05) is 17.9 Å². The Morgan fingerprint density at radius 2 is 1.68 bits per heavy atom. The van der Waals surface area contributed by atoms with Crippen LogP contribution in [-0.2, 0) is 14.3 Å². The topological polar surface area (TPSA) is 116 Å². The number of carboxylic acids is 1. The van der Waals surface area contributed by atoms with Gasteiger partial charge in [0.2, 0.25) is 0 Å². The Morgan fingerprint density at radius 3 is 2.27 bits per heavy atom. The fraction of sp³-hybridized carbons (Fsp3) is 0.310. The summed E-state index contributed by atoms with van der Waals surface area (Å²) in [5.74, 6) is -1.52. The number of hydrogen-bond donors (Lipinski definition) is 1. The van der Waals surface area contributed by atoms with Gasteiger partial charge in [0.1, 0.15) is 12.4 Å². The van der Waals surface area contributed by atoms with Crippen molar-refractivity contribution in [1.82, 2.24) is 0 Å². The molecule has 0 radical (unpaired) electrons. The van der Waals surface area contributed by atoms with Crippen molar-refractivity contribution in [2.24, 2.45) is 0 Å². The molecular formula is C29H29NO7. The van der Waals surface area contributed by atoms with Crippen molar-refractivity contribution >= 4 is 17.6 Å². The van der Waals surface area contributed by atoms with Gasteiger partial charge >= 0.3 is 11.9 Å². The molecule has 192 valence electrons. The molecule has 0 aromatic heterocycles. The number of ether oxygens (including phenoxy) is 2. The van der Waals surface area contributed by atoms with Gasteiger partial charge in [0.15, 0.2) is 0 Å². The Hall–Kier alpha value is -4.20. The number of carbonyl (C=O) groups excluding carboxylic acids is 1. The molecule has 1 N–H and O–H groups in total. The second kappa shape index (κ2) is 11.2. The SMILES string of the molecule is Cc1cc(C(C)CC(=O)OCC2c3ccccc3-c3ccccc32)c([N+](=O)[O-])cc1OCCCC(=O)O. The van der Waals surface area contributed by atoms with Gasteiger partial charge in [0.05, 0.1) is 24.0 Å². The maximum atomic E-state index is 12.8. The second-order valence-corrected chi connectivity index (χ2v) is 9.29. The Morgan fingerprint density at radius 1 is 1.05 bits per heavy atom. The summed E-state index contributed by atoms with van der Waals surface area (Å²) in [6.45, 7) is 3.86. The monoisotopic (exact) mass is 503 g/mol. The first-order valence-corrected chi connectivity index (χ1v) is 12.2. The van der Waals surface area contributed by atoms with Crippen LogP contribution >= 0.6 is 0 Å². The molecule has 0 aliphatic heterocycles. The van der Waals surface area contributed by atoms with Gasteiger partial charge in [-0.1, -0.05) is 55.5 Å². The first-order chi connectivity index (χ1) is 17.8. The zero-order valence-electron chi connectivity index (χ0n) is 20.8. The number of carboxylic acid groups (broad SMARTS) is 1. The van der Waals surface area contributed by atoms with E-state index in [0.717, 1.165) is 22.3 Å². The lowest BCUT2D eigenvalue weighted by Gasteiger charge is -2.17. The molecule has 8 nitrogen and oxygen atoms in total. The molecular weight excluding hydrogens is 474 g/mol. The van der Waals surface area contributed by atoms with E-state index in [9.17, 15) is 19.7 Å². The predicted octanol–water partition coefficient (Wildman–Crippen LogP) is 6.00. The Labute approximate surface area is 215 Å². The van der Waals surface area contributed by atoms with E-state index >= 15 is 0 Å². The highest BCUT2D eigenvalue weighted by molar-refractivity contribution is 5.79. The molecule has 0 saturated carbocycles. The van der Waals surface area contributed by atoms with Gasteiger partial charge in [-0.05, 0) is 53.1 Å². The maximum absolute atomic E-state index is 12.8. The highest BCUT2D eigenvalue weighted by Gasteiger charge is 2.30. The first kappa shape index (κ1) is 25.9. The molecule has 0 fully saturated rings. The number of esters is 1. The molecule has 3 aromatic carbocycles. The number of benzene rings is 3. The average molecular weight is 504 g/mol. The molecule has 0 heterocycles. The summed E-state index contributed by atoms with van der Waals surface area (Å²) in [6.07, 6.45) is 0.244. The van der Waals surface area contributed by atoms with E-state index in [1.807, 2.05) is 36.4 Å². The highest BCUT2D eigenvalue weighted by Crippen LogP contribution is 2.44. The third-order valence-electron chi connectivity index (χ3n) is 6.69. The number of carbonyl (C=O) groups is 2. The Bertz CT molecular complexity index is 1290. The van der Waals surface area contributed by atoms with E-state index in [1.54, 1.807) is 19.9 Å². The van der Waals surface area contributed by atoms with Gasteiger partial charge in [-0.3, -0.25) is 19.7 Å². The summed E-state index contributed by atoms with van der Waals surface area (Å²) in [6, 6.07) is 19.2. The number of hydrogen-bond acceptors (Lipinski definition) is 6. The summed E-state index contributed by atoms with van der Waals surface area (Å²) in [5, 5.41) is 20.5. The fourth-order valence-corrected chi connectivity index (χ4v) is 4.85. The normalized spacial score (nSPS) is 12.9. The number of aliphatic carboxylic acids is 1. The molecule has 0 amide bonds. The summed E-state index contributed by atoms with van der Waals surface area (Å²) in [4.78, 5) is 34.8. The average Bonchev–Trinajstić information content (AvgIpc) is 3.19. The molecule has 1 atom stereocenters. The van der Waals surface area contributed by atoms with Crippen molar-refractivity contribution in [3.05, 3.63) is 93.0 Å². The van der Waals surface area contributed by atoms with Gasteiger partial charge in [-0.15, -0.1) is 0 Å². The molecule has 3 aromatic rings. The standard InChI is InChI=1S/C29H29NO7/c1-18(24-14-19(2)27(16-26(24)30(34)35)36-13-7-12-28(31)32)15-29(33)37-17-25-22-10-5-3-8-20(22)21-9-4-6-11-23(21)25/h3-6,8-11,14,16,18,25H,7,12-13,15,17H2,1-2H3,(H,31,32). The third kappa shape index (κ3) is 5.80. The van der Waals surface area contributed by atoms with Crippen LogP contribution < -0.4 is 4.74 Å². The lowest BCUT2D eigenvalue weighted by atomic mass is 9.94. The molecule has 37 heavy (non-hydrogen) atoms. The summed E-state index contributed by atoms with van der Waals surface area (Å²) >= 11 is 0. The fourth-order valence-electron chi connectivity index (χ4n) is 4.85. The van der Waals surface area contributed by atoms with E-state index in [-0.39, 0.29) is 37.7 Å². The number of nitro benzene ring substituents is 1. The number of aryl methyl sites for hydroxylation is 1. The van der Waals surface area contributed by atoms with Crippen molar-refractivity contribution < 1.29 is 29.1 Å². The van der Waals surface area contributed by atoms with E-state index < -0.39 is 22.8 Å². The van der Waals surface area contributed by atoms with Crippen molar-refractivity contribution in [1.29, 1.82) is 0 Å². The smallest absolute Gasteiger partial charge is 0.306 e. The van der Waals surface area contributed by atoms with Crippen LogP contribution in [0.4, 0.5) is 5.69 Å². The van der Waals surface area contributed by atoms with Crippen LogP contribution in [0.5, 0.6) is 5.75 Å². The second-order valence-electron chi connectivity index (χ2n) is 9.29. The van der Waals surface area contributed by atoms with Crippen molar-refractivity contribution in [3.8, 4) is 16.9 Å². The van der Waals surface area contributed by atoms with Gasteiger partial charge < -0.3 is 14.6 Å². The number of nitro groups is 1. The molecule has 0 spiro atoms. The zero-order valence-corrected chi connectivity index (χ0v) is 20.8. The lowest BCUT2D eigenvalue weighted by molar-refractivity contribution is -0.385. The molecule has 4 rings (SSSR count). The van der Waals surface area contributed by atoms with Gasteiger partial charge in [-0.2, -0.15) is 0 Å². The van der Waals surface area contributed by atoms with Crippen LogP contribution in [-0.4, -0.2) is 35.2 Å². The van der Waals surface area contributed by atoms with E-state index in [4.69, 9.17) is 14.6 Å². The minimum Gasteiger partial charge on any atom is -0.493 e. The minimum absolute atomic E-state index is 0.00485. The maximum Gasteiger partial charge on any atom is 0.306 e. The largest absolute Gasteiger partial charge is 0.493 e. The van der Waals surface area contributed by atoms with Crippen LogP contribution in [0, 0.1) is 17.0 Å². The van der Waals surface area contributed by atoms with Crippen molar-refractivity contribution in [3.63, 3.8) is 0 Å². The predicted molar refractivity (Wildman–Crippen MR) is 138 cm³/mol. The molecule has 1 aliphatic rings. The quantitative estimate of drug-likeness (QED) is 0.148. The van der Waals surface area contributed by atoms with Crippen LogP contribution in [0.2, 0.25) is 0 Å². The Kier molecular flexibility index (Phi) is 7.86. The van der Waals surface area contributed by atoms with E-state index in [2.05, 4.69) is 12.1 Å². The number of rotatable bonds is 11. The van der Waals surface area contributed by atoms with E-state index in [1.165, 1.54) is 6.07 Å². The van der Waals surface area contributed by atoms with Gasteiger partial charge in [0.25, 0.3) is 5.69 Å². The first-order valence-electron chi connectivity index (χ1n) is 12.2. The number of fused-ring (bicyclic) bond motifs is 3. The molecule has 0 saturated heterocycles. The van der Waals surface area contributed by atoms with Crippen LogP contribution in [0.3, 0.4) is 0 Å². The highest BCUT2D eigenvalue weighted by atomic mass is 16.6. The zero-order chi connectivity index (χ0) is 26.5.